The van der Waals surface area contributed by atoms with Crippen LogP contribution in [0.2, 0.25) is 0 Å². The van der Waals surface area contributed by atoms with Gasteiger partial charge >= 0.3 is 5.97 Å². The zero-order chi connectivity index (χ0) is 16.9. The Bertz CT molecular complexity index is 506. The highest BCUT2D eigenvalue weighted by molar-refractivity contribution is 6.22. The summed E-state index contributed by atoms with van der Waals surface area (Å²) in [5.74, 6) is -0.941. The molecular weight excluding hydrogens is 284 g/mol. The highest BCUT2D eigenvalue weighted by Gasteiger charge is 2.33. The van der Waals surface area contributed by atoms with E-state index in [1.807, 2.05) is 13.8 Å². The van der Waals surface area contributed by atoms with Crippen molar-refractivity contribution in [2.45, 2.75) is 58.9 Å². The van der Waals surface area contributed by atoms with E-state index < -0.39 is 12.0 Å². The first-order chi connectivity index (χ1) is 10.1. The van der Waals surface area contributed by atoms with E-state index in [0.29, 0.717) is 49.9 Å². The fourth-order valence-electron chi connectivity index (χ4n) is 2.62. The number of allylic oxidation sites excluding steroid dienone is 2. The molecule has 0 fully saturated rings. The van der Waals surface area contributed by atoms with E-state index >= 15 is 0 Å². The van der Waals surface area contributed by atoms with E-state index in [2.05, 4.69) is 4.99 Å². The minimum absolute atomic E-state index is 0.0668. The van der Waals surface area contributed by atoms with Crippen LogP contribution in [0.3, 0.4) is 0 Å². The van der Waals surface area contributed by atoms with E-state index in [1.54, 1.807) is 6.92 Å². The molecule has 1 aliphatic rings. The molecule has 0 aromatic heterocycles. The molecule has 0 heterocycles. The Morgan fingerprint density at radius 1 is 1.36 bits per heavy atom. The van der Waals surface area contributed by atoms with Crippen LogP contribution >= 0.6 is 0 Å². The second-order valence-corrected chi connectivity index (χ2v) is 6.67. The van der Waals surface area contributed by atoms with Crippen LogP contribution in [-0.2, 0) is 9.59 Å². The van der Waals surface area contributed by atoms with E-state index in [9.17, 15) is 14.7 Å². The van der Waals surface area contributed by atoms with E-state index in [4.69, 9.17) is 10.8 Å². The van der Waals surface area contributed by atoms with Crippen molar-refractivity contribution in [1.82, 2.24) is 0 Å². The van der Waals surface area contributed by atoms with Crippen molar-refractivity contribution in [1.29, 1.82) is 0 Å². The molecule has 6 heteroatoms. The normalized spacial score (nSPS) is 20.2. The fraction of sp³-hybridized carbons (Fsp3) is 0.688. The number of ketones is 1. The number of hydrogen-bond acceptors (Lipinski definition) is 5. The number of aliphatic imine (C=N–C) groups is 1. The Morgan fingerprint density at radius 2 is 2.00 bits per heavy atom. The third-order valence-corrected chi connectivity index (χ3v) is 3.80. The Morgan fingerprint density at radius 3 is 2.55 bits per heavy atom. The largest absolute Gasteiger partial charge is 0.511 e. The third kappa shape index (κ3) is 5.26. The van der Waals surface area contributed by atoms with Crippen LogP contribution < -0.4 is 5.73 Å². The number of nitrogens with two attached hydrogens (primary N) is 1. The number of carbonyl (C=O) groups is 2. The predicted octanol–water partition coefficient (Wildman–Crippen LogP) is 2.23. The van der Waals surface area contributed by atoms with Crippen LogP contribution in [0.1, 0.15) is 52.9 Å². The number of aliphatic carboxylic acids is 1. The molecule has 0 bridgehead atoms. The van der Waals surface area contributed by atoms with E-state index in [-0.39, 0.29) is 17.0 Å². The summed E-state index contributed by atoms with van der Waals surface area (Å²) >= 11 is 0. The van der Waals surface area contributed by atoms with Gasteiger partial charge in [0.1, 0.15) is 11.8 Å². The van der Waals surface area contributed by atoms with Gasteiger partial charge in [0.2, 0.25) is 0 Å². The summed E-state index contributed by atoms with van der Waals surface area (Å²) in [7, 11) is 0. The maximum atomic E-state index is 12.1. The molecular formula is C16H26N2O4. The smallest absolute Gasteiger partial charge is 0.320 e. The molecule has 0 aromatic carbocycles. The lowest BCUT2D eigenvalue weighted by atomic mass is 9.76. The molecule has 1 aliphatic carbocycles. The topological polar surface area (TPSA) is 113 Å². The Labute approximate surface area is 131 Å². The summed E-state index contributed by atoms with van der Waals surface area (Å²) < 4.78 is 0. The summed E-state index contributed by atoms with van der Waals surface area (Å²) in [4.78, 5) is 27.0. The molecule has 6 nitrogen and oxygen atoms in total. The number of Topliss-reactive ketones (excluding diaryl/α,β-unsaturated/α-hetero) is 1. The molecule has 0 saturated heterocycles. The molecule has 1 atom stereocenters. The number of carbonyl (C=O) groups excluding carboxylic acids is 1. The SMILES string of the molecule is CC(=NCCCC[C@@H](N)C(=O)O)C1=C(O)CC(C)(C)CC1=O. The van der Waals surface area contributed by atoms with E-state index in [0.717, 1.165) is 0 Å². The zero-order valence-electron chi connectivity index (χ0n) is 13.6. The number of unbranched alkanes of at least 4 members (excludes halogenated alkanes) is 1. The fourth-order valence-corrected chi connectivity index (χ4v) is 2.62. The van der Waals surface area contributed by atoms with Crippen LogP contribution in [0.5, 0.6) is 0 Å². The lowest BCUT2D eigenvalue weighted by molar-refractivity contribution is -0.138. The highest BCUT2D eigenvalue weighted by atomic mass is 16.4. The van der Waals surface area contributed by atoms with Gasteiger partial charge in [-0.1, -0.05) is 13.8 Å². The van der Waals surface area contributed by atoms with Gasteiger partial charge in [-0.2, -0.15) is 0 Å². The van der Waals surface area contributed by atoms with Crippen molar-refractivity contribution < 1.29 is 19.8 Å². The number of hydrogen-bond donors (Lipinski definition) is 3. The molecule has 0 radical (unpaired) electrons. The minimum atomic E-state index is -0.995. The maximum Gasteiger partial charge on any atom is 0.320 e. The molecule has 22 heavy (non-hydrogen) atoms. The summed E-state index contributed by atoms with van der Waals surface area (Å²) in [6.45, 7) is 6.13. The Hall–Kier alpha value is -1.69. The van der Waals surface area contributed by atoms with Gasteiger partial charge in [0.25, 0.3) is 0 Å². The maximum absolute atomic E-state index is 12.1. The first-order valence-corrected chi connectivity index (χ1v) is 7.59. The van der Waals surface area contributed by atoms with Gasteiger partial charge in [-0.3, -0.25) is 14.6 Å². The minimum Gasteiger partial charge on any atom is -0.511 e. The second kappa shape index (κ2) is 7.54. The van der Waals surface area contributed by atoms with Crippen molar-refractivity contribution in [3.8, 4) is 0 Å². The van der Waals surface area contributed by atoms with Crippen LogP contribution in [0, 0.1) is 5.41 Å². The summed E-state index contributed by atoms with van der Waals surface area (Å²) in [6.07, 6.45) is 2.66. The molecule has 1 rings (SSSR count). The molecule has 0 unspecified atom stereocenters. The van der Waals surface area contributed by atoms with Crippen molar-refractivity contribution in [2.75, 3.05) is 6.54 Å². The lowest BCUT2D eigenvalue weighted by Gasteiger charge is -2.29. The number of carboxylic acid groups (broad SMARTS) is 1. The second-order valence-electron chi connectivity index (χ2n) is 6.67. The van der Waals surface area contributed by atoms with Gasteiger partial charge < -0.3 is 15.9 Å². The molecule has 0 aliphatic heterocycles. The standard InChI is InChI=1S/C16H26N2O4/c1-10(18-7-5-4-6-11(17)15(21)22)14-12(19)8-16(2,3)9-13(14)20/h11,19H,4-9,17H2,1-3H3,(H,21,22)/t11-/m1/s1. The van der Waals surface area contributed by atoms with Crippen LogP contribution in [0.25, 0.3) is 0 Å². The van der Waals surface area contributed by atoms with Gasteiger partial charge in [0.05, 0.1) is 5.57 Å². The van der Waals surface area contributed by atoms with Gasteiger partial charge in [-0.15, -0.1) is 0 Å². The number of nitrogens with zero attached hydrogens (tertiary/aromatic N) is 1. The average Bonchev–Trinajstić information content (AvgIpc) is 2.35. The first-order valence-electron chi connectivity index (χ1n) is 7.59. The van der Waals surface area contributed by atoms with Crippen molar-refractivity contribution in [3.63, 3.8) is 0 Å². The molecule has 0 amide bonds. The Kier molecular flexibility index (Phi) is 6.29. The Balaban J connectivity index is 2.55. The molecule has 124 valence electrons. The number of rotatable bonds is 7. The average molecular weight is 310 g/mol. The third-order valence-electron chi connectivity index (χ3n) is 3.80. The summed E-state index contributed by atoms with van der Waals surface area (Å²) in [5, 5.41) is 18.8. The van der Waals surface area contributed by atoms with Gasteiger partial charge in [0.15, 0.2) is 5.78 Å². The van der Waals surface area contributed by atoms with E-state index in [1.165, 1.54) is 0 Å². The highest BCUT2D eigenvalue weighted by Crippen LogP contribution is 2.36. The monoisotopic (exact) mass is 310 g/mol. The quantitative estimate of drug-likeness (QED) is 0.493. The molecule has 4 N–H and O–H groups in total. The zero-order valence-corrected chi connectivity index (χ0v) is 13.6. The summed E-state index contributed by atoms with van der Waals surface area (Å²) in [6, 6.07) is -0.834. The van der Waals surface area contributed by atoms with Crippen molar-refractivity contribution >= 4 is 17.5 Å². The molecule has 0 aromatic rings. The lowest BCUT2D eigenvalue weighted by Crippen LogP contribution is -2.29. The number of aliphatic hydroxyl groups is 1. The molecule has 0 saturated carbocycles. The first kappa shape index (κ1) is 18.4. The van der Waals surface area contributed by atoms with Crippen molar-refractivity contribution in [2.24, 2.45) is 16.1 Å². The van der Waals surface area contributed by atoms with Crippen molar-refractivity contribution in [3.05, 3.63) is 11.3 Å². The summed E-state index contributed by atoms with van der Waals surface area (Å²) in [5.41, 5.74) is 6.11. The van der Waals surface area contributed by atoms with Gasteiger partial charge in [0, 0.05) is 25.1 Å². The predicted molar refractivity (Wildman–Crippen MR) is 85.1 cm³/mol. The number of carboxylic acids is 1. The van der Waals surface area contributed by atoms with Crippen LogP contribution in [0.4, 0.5) is 0 Å². The van der Waals surface area contributed by atoms with Crippen LogP contribution in [0.15, 0.2) is 16.3 Å². The molecule has 0 spiro atoms. The van der Waals surface area contributed by atoms with Gasteiger partial charge in [-0.05, 0) is 31.6 Å². The van der Waals surface area contributed by atoms with Crippen LogP contribution in [-0.4, -0.2) is 40.3 Å². The van der Waals surface area contributed by atoms with Gasteiger partial charge in [-0.25, -0.2) is 0 Å². The number of aliphatic hydroxyl groups excluding tert-OH is 1.